The van der Waals surface area contributed by atoms with E-state index in [1.54, 1.807) is 18.2 Å². The van der Waals surface area contributed by atoms with Crippen molar-refractivity contribution in [3.63, 3.8) is 0 Å². The molecule has 1 fully saturated rings. The molecule has 190 valence electrons. The number of aliphatic hydroxyl groups excluding tert-OH is 1. The van der Waals surface area contributed by atoms with Gasteiger partial charge in [0.1, 0.15) is 23.4 Å². The van der Waals surface area contributed by atoms with Gasteiger partial charge in [0.15, 0.2) is 0 Å². The van der Waals surface area contributed by atoms with E-state index in [0.717, 1.165) is 16.9 Å². The minimum absolute atomic E-state index is 0.0490. The van der Waals surface area contributed by atoms with Gasteiger partial charge in [-0.3, -0.25) is 14.5 Å². The summed E-state index contributed by atoms with van der Waals surface area (Å²) >= 11 is 0. The van der Waals surface area contributed by atoms with E-state index in [9.17, 15) is 14.7 Å². The van der Waals surface area contributed by atoms with Gasteiger partial charge in [-0.2, -0.15) is 0 Å². The third-order valence-electron chi connectivity index (χ3n) is 6.65. The number of aliphatic hydroxyl groups is 1. The molecule has 0 radical (unpaired) electrons. The van der Waals surface area contributed by atoms with Gasteiger partial charge >= 0.3 is 0 Å². The SMILES string of the molecule is Cc1cccc(N2C(=O)C(=O)/C(=C(\O)c3ccc4c(c3)CC(C)O4)C2c2cccc(OCC(C)C)c2)c1. The van der Waals surface area contributed by atoms with Gasteiger partial charge in [-0.25, -0.2) is 0 Å². The molecule has 1 N–H and O–H groups in total. The molecule has 2 atom stereocenters. The zero-order valence-electron chi connectivity index (χ0n) is 21.5. The van der Waals surface area contributed by atoms with Crippen LogP contribution in [0.3, 0.4) is 0 Å². The van der Waals surface area contributed by atoms with Crippen LogP contribution in [0.15, 0.2) is 72.3 Å². The number of carbonyl (C=O) groups is 2. The van der Waals surface area contributed by atoms with Crippen molar-refractivity contribution in [3.05, 3.63) is 94.6 Å². The van der Waals surface area contributed by atoms with Crippen LogP contribution >= 0.6 is 0 Å². The summed E-state index contributed by atoms with van der Waals surface area (Å²) in [7, 11) is 0. The highest BCUT2D eigenvalue weighted by Crippen LogP contribution is 2.43. The van der Waals surface area contributed by atoms with E-state index in [0.29, 0.717) is 41.5 Å². The summed E-state index contributed by atoms with van der Waals surface area (Å²) in [6.45, 7) is 8.60. The number of rotatable bonds is 6. The molecular weight excluding hydrogens is 466 g/mol. The van der Waals surface area contributed by atoms with Crippen molar-refractivity contribution < 1.29 is 24.2 Å². The average molecular weight is 498 g/mol. The molecule has 6 nitrogen and oxygen atoms in total. The van der Waals surface area contributed by atoms with Crippen molar-refractivity contribution in [2.24, 2.45) is 5.92 Å². The van der Waals surface area contributed by atoms with E-state index < -0.39 is 17.7 Å². The van der Waals surface area contributed by atoms with E-state index in [1.165, 1.54) is 4.90 Å². The number of benzene rings is 3. The molecule has 0 aliphatic carbocycles. The molecule has 0 bridgehead atoms. The molecule has 2 aliphatic rings. The molecule has 0 spiro atoms. The van der Waals surface area contributed by atoms with Crippen molar-refractivity contribution in [2.75, 3.05) is 11.5 Å². The zero-order chi connectivity index (χ0) is 26.3. The smallest absolute Gasteiger partial charge is 0.300 e. The van der Waals surface area contributed by atoms with Gasteiger partial charge in [-0.15, -0.1) is 0 Å². The van der Waals surface area contributed by atoms with Crippen LogP contribution in [0.5, 0.6) is 11.5 Å². The molecule has 5 rings (SSSR count). The number of anilines is 1. The fourth-order valence-electron chi connectivity index (χ4n) is 4.95. The first-order chi connectivity index (χ1) is 17.7. The Hall–Kier alpha value is -4.06. The Morgan fingerprint density at radius 3 is 2.62 bits per heavy atom. The molecule has 3 aromatic carbocycles. The van der Waals surface area contributed by atoms with Crippen LogP contribution in [-0.2, 0) is 16.0 Å². The minimum Gasteiger partial charge on any atom is -0.507 e. The topological polar surface area (TPSA) is 76.1 Å². The molecule has 0 saturated carbocycles. The fourth-order valence-corrected chi connectivity index (χ4v) is 4.95. The summed E-state index contributed by atoms with van der Waals surface area (Å²) in [5.74, 6) is 0.161. The minimum atomic E-state index is -0.812. The van der Waals surface area contributed by atoms with Crippen LogP contribution < -0.4 is 14.4 Å². The third kappa shape index (κ3) is 4.71. The maximum atomic E-state index is 13.5. The predicted octanol–water partition coefficient (Wildman–Crippen LogP) is 5.98. The van der Waals surface area contributed by atoms with Crippen LogP contribution in [-0.4, -0.2) is 29.5 Å². The quantitative estimate of drug-likeness (QED) is 0.258. The number of ether oxygens (including phenoxy) is 2. The molecule has 1 saturated heterocycles. The lowest BCUT2D eigenvalue weighted by Crippen LogP contribution is -2.29. The molecule has 1 amide bonds. The van der Waals surface area contributed by atoms with E-state index in [4.69, 9.17) is 9.47 Å². The predicted molar refractivity (Wildman–Crippen MR) is 143 cm³/mol. The molecule has 0 aromatic heterocycles. The summed E-state index contributed by atoms with van der Waals surface area (Å²) in [6, 6.07) is 19.4. The lowest BCUT2D eigenvalue weighted by molar-refractivity contribution is -0.132. The van der Waals surface area contributed by atoms with E-state index in [2.05, 4.69) is 13.8 Å². The first-order valence-corrected chi connectivity index (χ1v) is 12.6. The summed E-state index contributed by atoms with van der Waals surface area (Å²) in [5, 5.41) is 11.5. The molecule has 2 unspecified atom stereocenters. The number of Topliss-reactive ketones (excluding diaryl/α,β-unsaturated/α-hetero) is 1. The number of amides is 1. The van der Waals surface area contributed by atoms with Crippen molar-refractivity contribution in [3.8, 4) is 11.5 Å². The second-order valence-corrected chi connectivity index (χ2v) is 10.2. The Morgan fingerprint density at radius 1 is 1.08 bits per heavy atom. The number of nitrogens with zero attached hydrogens (tertiary/aromatic N) is 1. The first-order valence-electron chi connectivity index (χ1n) is 12.6. The number of ketones is 1. The average Bonchev–Trinajstić information content (AvgIpc) is 3.37. The molecule has 37 heavy (non-hydrogen) atoms. The fraction of sp³-hybridized carbons (Fsp3) is 0.290. The summed E-state index contributed by atoms with van der Waals surface area (Å²) in [4.78, 5) is 28.4. The molecular formula is C31H31NO5. The summed E-state index contributed by atoms with van der Waals surface area (Å²) < 4.78 is 11.7. The van der Waals surface area contributed by atoms with Crippen LogP contribution in [0.4, 0.5) is 5.69 Å². The Balaban J connectivity index is 1.66. The van der Waals surface area contributed by atoms with E-state index >= 15 is 0 Å². The van der Waals surface area contributed by atoms with E-state index in [-0.39, 0.29) is 17.4 Å². The zero-order valence-corrected chi connectivity index (χ0v) is 21.5. The second-order valence-electron chi connectivity index (χ2n) is 10.2. The maximum absolute atomic E-state index is 13.5. The van der Waals surface area contributed by atoms with Crippen LogP contribution in [0, 0.1) is 12.8 Å². The normalized spacial score (nSPS) is 20.3. The number of hydrogen-bond acceptors (Lipinski definition) is 5. The number of carbonyl (C=O) groups excluding carboxylic acids is 2. The van der Waals surface area contributed by atoms with Gasteiger partial charge < -0.3 is 14.6 Å². The van der Waals surface area contributed by atoms with Crippen LogP contribution in [0.1, 0.15) is 49.1 Å². The summed E-state index contributed by atoms with van der Waals surface area (Å²) in [5.41, 5.74) is 3.73. The molecule has 6 heteroatoms. The highest BCUT2D eigenvalue weighted by Gasteiger charge is 2.47. The molecule has 3 aromatic rings. The van der Waals surface area contributed by atoms with Crippen molar-refractivity contribution >= 4 is 23.1 Å². The van der Waals surface area contributed by atoms with Crippen LogP contribution in [0.2, 0.25) is 0 Å². The van der Waals surface area contributed by atoms with Crippen molar-refractivity contribution in [1.82, 2.24) is 0 Å². The number of hydrogen-bond donors (Lipinski definition) is 1. The monoisotopic (exact) mass is 497 g/mol. The van der Waals surface area contributed by atoms with Gasteiger partial charge in [0, 0.05) is 17.7 Å². The lowest BCUT2D eigenvalue weighted by atomic mass is 9.94. The van der Waals surface area contributed by atoms with E-state index in [1.807, 2.05) is 62.4 Å². The largest absolute Gasteiger partial charge is 0.507 e. The van der Waals surface area contributed by atoms with Crippen molar-refractivity contribution in [2.45, 2.75) is 46.3 Å². The highest BCUT2D eigenvalue weighted by atomic mass is 16.5. The second kappa shape index (κ2) is 9.77. The third-order valence-corrected chi connectivity index (χ3v) is 6.65. The Bertz CT molecular complexity index is 1410. The van der Waals surface area contributed by atoms with Gasteiger partial charge in [-0.05, 0) is 78.9 Å². The Morgan fingerprint density at radius 2 is 1.86 bits per heavy atom. The van der Waals surface area contributed by atoms with Crippen molar-refractivity contribution in [1.29, 1.82) is 0 Å². The molecule has 2 heterocycles. The van der Waals surface area contributed by atoms with Gasteiger partial charge in [0.25, 0.3) is 11.7 Å². The van der Waals surface area contributed by atoms with Gasteiger partial charge in [-0.1, -0.05) is 38.1 Å². The van der Waals surface area contributed by atoms with Gasteiger partial charge in [0.2, 0.25) is 0 Å². The highest BCUT2D eigenvalue weighted by molar-refractivity contribution is 6.51. The summed E-state index contributed by atoms with van der Waals surface area (Å²) in [6.07, 6.45) is 0.764. The standard InChI is InChI=1S/C31H31NO5/c1-18(2)17-36-25-10-6-8-21(16-25)28-27(29(33)22-11-12-26-23(15-22)14-20(4)37-26)30(34)31(35)32(28)24-9-5-7-19(3)13-24/h5-13,15-16,18,20,28,33H,14,17H2,1-4H3/b29-27-. The van der Waals surface area contributed by atoms with Gasteiger partial charge in [0.05, 0.1) is 18.2 Å². The first kappa shape index (κ1) is 24.6. The number of aryl methyl sites for hydroxylation is 1. The maximum Gasteiger partial charge on any atom is 0.300 e. The lowest BCUT2D eigenvalue weighted by Gasteiger charge is -2.26. The van der Waals surface area contributed by atoms with Crippen LogP contribution in [0.25, 0.3) is 5.76 Å². The Kier molecular flexibility index (Phi) is 6.50. The molecule has 2 aliphatic heterocycles. The Labute approximate surface area is 217 Å². The number of fused-ring (bicyclic) bond motifs is 1.